The largest absolute Gasteiger partial charge is 0.373 e. The fourth-order valence-corrected chi connectivity index (χ4v) is 1.15. The molecule has 0 saturated heterocycles. The Morgan fingerprint density at radius 1 is 1.67 bits per heavy atom. The lowest BCUT2D eigenvalue weighted by Gasteiger charge is -2.06. The minimum atomic E-state index is -1.02. The van der Waals surface area contributed by atoms with Crippen molar-refractivity contribution in [2.45, 2.75) is 19.6 Å². The van der Waals surface area contributed by atoms with Crippen molar-refractivity contribution in [2.75, 3.05) is 0 Å². The molecule has 1 unspecified atom stereocenters. The van der Waals surface area contributed by atoms with Gasteiger partial charge in [0.2, 0.25) is 0 Å². The van der Waals surface area contributed by atoms with Crippen LogP contribution in [0.25, 0.3) is 0 Å². The molecule has 3 nitrogen and oxygen atoms in total. The first-order valence-electron chi connectivity index (χ1n) is 3.74. The topological polar surface area (TPSA) is 59.1 Å². The SMILES string of the molecule is CCc1nc(C(N)O)ccc1Cl. The van der Waals surface area contributed by atoms with E-state index in [0.717, 1.165) is 12.1 Å². The van der Waals surface area contributed by atoms with Crippen LogP contribution in [-0.4, -0.2) is 10.1 Å². The summed E-state index contributed by atoms with van der Waals surface area (Å²) in [6.07, 6.45) is -0.285. The third-order valence-corrected chi connectivity index (χ3v) is 1.92. The molecule has 3 N–H and O–H groups in total. The number of nitrogens with zero attached hydrogens (tertiary/aromatic N) is 1. The van der Waals surface area contributed by atoms with E-state index in [4.69, 9.17) is 22.4 Å². The minimum Gasteiger partial charge on any atom is -0.373 e. The molecule has 1 aromatic rings. The molecule has 1 aromatic heterocycles. The Balaban J connectivity index is 3.05. The Labute approximate surface area is 76.2 Å². The first-order valence-corrected chi connectivity index (χ1v) is 4.12. The molecule has 0 bridgehead atoms. The Kier molecular flexibility index (Phi) is 3.03. The van der Waals surface area contributed by atoms with Gasteiger partial charge in [0.25, 0.3) is 0 Å². The molecule has 0 amide bonds. The van der Waals surface area contributed by atoms with E-state index in [1.54, 1.807) is 12.1 Å². The van der Waals surface area contributed by atoms with Gasteiger partial charge in [0, 0.05) is 0 Å². The van der Waals surface area contributed by atoms with Gasteiger partial charge in [0.1, 0.15) is 6.23 Å². The van der Waals surface area contributed by atoms with Crippen molar-refractivity contribution >= 4 is 11.6 Å². The van der Waals surface area contributed by atoms with Gasteiger partial charge in [-0.05, 0) is 18.6 Å². The fourth-order valence-electron chi connectivity index (χ4n) is 0.914. The molecule has 12 heavy (non-hydrogen) atoms. The Morgan fingerprint density at radius 2 is 2.33 bits per heavy atom. The van der Waals surface area contributed by atoms with Crippen molar-refractivity contribution in [1.82, 2.24) is 4.98 Å². The van der Waals surface area contributed by atoms with E-state index in [1.165, 1.54) is 0 Å². The van der Waals surface area contributed by atoms with Gasteiger partial charge >= 0.3 is 0 Å². The summed E-state index contributed by atoms with van der Waals surface area (Å²) in [5.41, 5.74) is 6.45. The van der Waals surface area contributed by atoms with Gasteiger partial charge < -0.3 is 10.8 Å². The van der Waals surface area contributed by atoms with Crippen LogP contribution in [0.15, 0.2) is 12.1 Å². The number of rotatable bonds is 2. The Hall–Kier alpha value is -0.640. The predicted molar refractivity (Wildman–Crippen MR) is 47.8 cm³/mol. The molecule has 1 heterocycles. The van der Waals surface area contributed by atoms with Gasteiger partial charge in [0.05, 0.1) is 16.4 Å². The second kappa shape index (κ2) is 3.85. The normalized spacial score (nSPS) is 13.0. The highest BCUT2D eigenvalue weighted by Crippen LogP contribution is 2.16. The average molecular weight is 187 g/mol. The van der Waals surface area contributed by atoms with Gasteiger partial charge in [0.15, 0.2) is 0 Å². The zero-order valence-corrected chi connectivity index (χ0v) is 7.54. The van der Waals surface area contributed by atoms with Crippen LogP contribution in [0.4, 0.5) is 0 Å². The summed E-state index contributed by atoms with van der Waals surface area (Å²) in [5.74, 6) is 0. The maximum atomic E-state index is 9.01. The molecule has 0 aromatic carbocycles. The van der Waals surface area contributed by atoms with E-state index in [-0.39, 0.29) is 0 Å². The highest BCUT2D eigenvalue weighted by atomic mass is 35.5. The lowest BCUT2D eigenvalue weighted by Crippen LogP contribution is -2.11. The second-order valence-corrected chi connectivity index (χ2v) is 2.87. The molecule has 0 saturated carbocycles. The zero-order valence-electron chi connectivity index (χ0n) is 6.79. The second-order valence-electron chi connectivity index (χ2n) is 2.46. The van der Waals surface area contributed by atoms with Crippen molar-refractivity contribution in [3.8, 4) is 0 Å². The third-order valence-electron chi connectivity index (χ3n) is 1.58. The highest BCUT2D eigenvalue weighted by Gasteiger charge is 2.05. The molecule has 0 radical (unpaired) electrons. The third kappa shape index (κ3) is 1.94. The van der Waals surface area contributed by atoms with E-state index >= 15 is 0 Å². The smallest absolute Gasteiger partial charge is 0.145 e. The Morgan fingerprint density at radius 3 is 2.83 bits per heavy atom. The maximum absolute atomic E-state index is 9.01. The van der Waals surface area contributed by atoms with Crippen molar-refractivity contribution in [3.05, 3.63) is 28.5 Å². The molecular formula is C8H11ClN2O. The van der Waals surface area contributed by atoms with Crippen molar-refractivity contribution in [1.29, 1.82) is 0 Å². The van der Waals surface area contributed by atoms with Gasteiger partial charge in [-0.25, -0.2) is 0 Å². The summed E-state index contributed by atoms with van der Waals surface area (Å²) >= 11 is 5.82. The molecule has 0 spiro atoms. The summed E-state index contributed by atoms with van der Waals surface area (Å²) in [5, 5.41) is 9.62. The summed E-state index contributed by atoms with van der Waals surface area (Å²) in [6.45, 7) is 1.95. The maximum Gasteiger partial charge on any atom is 0.145 e. The molecule has 0 aliphatic rings. The molecule has 0 fully saturated rings. The van der Waals surface area contributed by atoms with E-state index in [2.05, 4.69) is 4.98 Å². The Bertz CT molecular complexity index is 276. The molecule has 1 atom stereocenters. The number of hydrogen-bond acceptors (Lipinski definition) is 3. The highest BCUT2D eigenvalue weighted by molar-refractivity contribution is 6.31. The van der Waals surface area contributed by atoms with Crippen LogP contribution < -0.4 is 5.73 Å². The van der Waals surface area contributed by atoms with Crippen LogP contribution in [0, 0.1) is 0 Å². The zero-order chi connectivity index (χ0) is 9.14. The van der Waals surface area contributed by atoms with Crippen molar-refractivity contribution in [3.63, 3.8) is 0 Å². The first kappa shape index (κ1) is 9.45. The van der Waals surface area contributed by atoms with Crippen molar-refractivity contribution in [2.24, 2.45) is 5.73 Å². The number of pyridine rings is 1. The number of hydrogen-bond donors (Lipinski definition) is 2. The van der Waals surface area contributed by atoms with E-state index in [0.29, 0.717) is 10.7 Å². The van der Waals surface area contributed by atoms with E-state index in [1.807, 2.05) is 6.92 Å². The van der Waals surface area contributed by atoms with Gasteiger partial charge in [-0.15, -0.1) is 0 Å². The minimum absolute atomic E-state index is 0.455. The number of aliphatic hydroxyl groups is 1. The number of halogens is 1. The van der Waals surface area contributed by atoms with Crippen LogP contribution in [0.3, 0.4) is 0 Å². The predicted octanol–water partition coefficient (Wildman–Crippen LogP) is 1.25. The summed E-state index contributed by atoms with van der Waals surface area (Å²) in [4.78, 5) is 4.08. The van der Waals surface area contributed by atoms with Crippen LogP contribution in [0.5, 0.6) is 0 Å². The van der Waals surface area contributed by atoms with Gasteiger partial charge in [-0.3, -0.25) is 4.98 Å². The van der Waals surface area contributed by atoms with Crippen LogP contribution >= 0.6 is 11.6 Å². The molecular weight excluding hydrogens is 176 g/mol. The van der Waals surface area contributed by atoms with E-state index in [9.17, 15) is 0 Å². The number of aliphatic hydroxyl groups excluding tert-OH is 1. The lowest BCUT2D eigenvalue weighted by molar-refractivity contribution is 0.181. The fraction of sp³-hybridized carbons (Fsp3) is 0.375. The summed E-state index contributed by atoms with van der Waals surface area (Å²) < 4.78 is 0. The molecule has 66 valence electrons. The molecule has 0 aliphatic heterocycles. The number of aryl methyl sites for hydroxylation is 1. The lowest BCUT2D eigenvalue weighted by atomic mass is 10.2. The molecule has 4 heteroatoms. The van der Waals surface area contributed by atoms with Crippen molar-refractivity contribution < 1.29 is 5.11 Å². The molecule has 1 rings (SSSR count). The monoisotopic (exact) mass is 186 g/mol. The standard InChI is InChI=1S/C8H11ClN2O/c1-2-6-5(9)3-4-7(11-6)8(10)12/h3-4,8,12H,2,10H2,1H3. The van der Waals surface area contributed by atoms with Crippen LogP contribution in [0.1, 0.15) is 24.5 Å². The van der Waals surface area contributed by atoms with Crippen LogP contribution in [-0.2, 0) is 6.42 Å². The first-order chi connectivity index (χ1) is 5.65. The quantitative estimate of drug-likeness (QED) is 0.684. The number of nitrogens with two attached hydrogens (primary N) is 1. The summed E-state index contributed by atoms with van der Waals surface area (Å²) in [6, 6.07) is 3.31. The summed E-state index contributed by atoms with van der Waals surface area (Å²) in [7, 11) is 0. The van der Waals surface area contributed by atoms with Gasteiger partial charge in [-0.1, -0.05) is 18.5 Å². The average Bonchev–Trinajstić information content (AvgIpc) is 2.05. The molecule has 0 aliphatic carbocycles. The van der Waals surface area contributed by atoms with E-state index < -0.39 is 6.23 Å². The number of aromatic nitrogens is 1. The van der Waals surface area contributed by atoms with Gasteiger partial charge in [-0.2, -0.15) is 0 Å². The van der Waals surface area contributed by atoms with Crippen LogP contribution in [0.2, 0.25) is 5.02 Å².